The fourth-order valence-electron chi connectivity index (χ4n) is 2.86. The van der Waals surface area contributed by atoms with Crippen LogP contribution >= 0.6 is 0 Å². The number of rotatable bonds is 9. The molecule has 3 rings (SSSR count). The van der Waals surface area contributed by atoms with Crippen LogP contribution in [-0.2, 0) is 6.54 Å². The smallest absolute Gasteiger partial charge is 0.293 e. The Hall–Kier alpha value is -4.20. The monoisotopic (exact) mass is 442 g/mol. The number of nitro groups is 1. The number of hydrogen-bond donors (Lipinski definition) is 2. The molecule has 168 valence electrons. The molecule has 14 heteroatoms. The molecule has 32 heavy (non-hydrogen) atoms. The van der Waals surface area contributed by atoms with Crippen molar-refractivity contribution in [1.29, 1.82) is 0 Å². The third-order valence-electron chi connectivity index (χ3n) is 4.76. The van der Waals surface area contributed by atoms with Gasteiger partial charge in [0.2, 0.25) is 11.6 Å². The summed E-state index contributed by atoms with van der Waals surface area (Å²) in [6.07, 6.45) is 0. The van der Waals surface area contributed by atoms with E-state index in [2.05, 4.69) is 40.7 Å². The summed E-state index contributed by atoms with van der Waals surface area (Å²) in [6, 6.07) is 5.82. The number of nitrogens with zero attached hydrogens (tertiary/aromatic N) is 8. The van der Waals surface area contributed by atoms with Gasteiger partial charge < -0.3 is 5.73 Å². The summed E-state index contributed by atoms with van der Waals surface area (Å²) in [5.41, 5.74) is 9.74. The molecule has 1 aromatic carbocycles. The summed E-state index contributed by atoms with van der Waals surface area (Å²) in [6.45, 7) is 7.44. The van der Waals surface area contributed by atoms with E-state index >= 15 is 0 Å². The maximum Gasteiger partial charge on any atom is 0.293 e. The standard InChI is InChI=1S/C18H22N10O4/c1-4-26(5-2)10-14-15(21-25-27(14)17-16(19)23-32-24-17)18(29)22-20-11(3)12-6-8-13(9-7-12)28(30)31/h6-9H,4-5,10H2,1-3H3,(H2,19,23)(H,22,29)/b20-11-. The van der Waals surface area contributed by atoms with Crippen molar-refractivity contribution in [3.05, 3.63) is 51.3 Å². The molecular formula is C18H22N10O4. The molecule has 1 amide bonds. The van der Waals surface area contributed by atoms with Gasteiger partial charge in [-0.1, -0.05) is 19.1 Å². The van der Waals surface area contributed by atoms with Crippen LogP contribution in [0.25, 0.3) is 5.82 Å². The fourth-order valence-corrected chi connectivity index (χ4v) is 2.86. The zero-order valence-electron chi connectivity index (χ0n) is 17.7. The number of amides is 1. The van der Waals surface area contributed by atoms with E-state index in [-0.39, 0.29) is 23.0 Å². The number of nitrogens with two attached hydrogens (primary N) is 1. The molecule has 0 unspecified atom stereocenters. The zero-order chi connectivity index (χ0) is 23.3. The Morgan fingerprint density at radius 3 is 2.53 bits per heavy atom. The van der Waals surface area contributed by atoms with E-state index in [1.54, 1.807) is 19.1 Å². The van der Waals surface area contributed by atoms with Gasteiger partial charge in [-0.05, 0) is 48.0 Å². The second-order valence-electron chi connectivity index (χ2n) is 6.67. The predicted molar refractivity (Wildman–Crippen MR) is 113 cm³/mol. The highest BCUT2D eigenvalue weighted by Gasteiger charge is 2.25. The van der Waals surface area contributed by atoms with Gasteiger partial charge in [-0.15, -0.1) is 5.10 Å². The summed E-state index contributed by atoms with van der Waals surface area (Å²) in [7, 11) is 0. The quantitative estimate of drug-likeness (QED) is 0.277. The lowest BCUT2D eigenvalue weighted by Gasteiger charge is -2.18. The van der Waals surface area contributed by atoms with E-state index in [0.717, 1.165) is 13.1 Å². The topological polar surface area (TPSA) is 183 Å². The van der Waals surface area contributed by atoms with E-state index in [0.29, 0.717) is 23.5 Å². The minimum atomic E-state index is -0.588. The number of aromatic nitrogens is 5. The van der Waals surface area contributed by atoms with E-state index in [9.17, 15) is 14.9 Å². The van der Waals surface area contributed by atoms with Crippen LogP contribution in [0.2, 0.25) is 0 Å². The highest BCUT2D eigenvalue weighted by molar-refractivity contribution is 6.00. The first-order valence-electron chi connectivity index (χ1n) is 9.70. The van der Waals surface area contributed by atoms with Crippen molar-refractivity contribution < 1.29 is 14.3 Å². The number of nitrogens with one attached hydrogen (secondary N) is 1. The number of hydrogen-bond acceptors (Lipinski definition) is 11. The maximum atomic E-state index is 12.8. The first kappa shape index (κ1) is 22.5. The number of non-ortho nitro benzene ring substituents is 1. The average molecular weight is 442 g/mol. The molecule has 0 spiro atoms. The first-order chi connectivity index (χ1) is 15.3. The van der Waals surface area contributed by atoms with Crippen LogP contribution in [0.3, 0.4) is 0 Å². The Labute approximate surface area is 182 Å². The Kier molecular flexibility index (Phi) is 6.84. The number of benzene rings is 1. The van der Waals surface area contributed by atoms with E-state index in [4.69, 9.17) is 5.73 Å². The van der Waals surface area contributed by atoms with Gasteiger partial charge in [-0.2, -0.15) is 9.78 Å². The molecule has 0 aliphatic rings. The Bertz CT molecular complexity index is 1130. The van der Waals surface area contributed by atoms with Gasteiger partial charge >= 0.3 is 0 Å². The summed E-state index contributed by atoms with van der Waals surface area (Å²) < 4.78 is 5.95. The lowest BCUT2D eigenvalue weighted by molar-refractivity contribution is -0.384. The third-order valence-corrected chi connectivity index (χ3v) is 4.76. The van der Waals surface area contributed by atoms with E-state index < -0.39 is 10.8 Å². The summed E-state index contributed by atoms with van der Waals surface area (Å²) >= 11 is 0. The molecule has 0 fully saturated rings. The van der Waals surface area contributed by atoms with Crippen LogP contribution in [-0.4, -0.2) is 59.8 Å². The van der Waals surface area contributed by atoms with E-state index in [1.165, 1.54) is 16.8 Å². The van der Waals surface area contributed by atoms with Crippen LogP contribution in [0, 0.1) is 10.1 Å². The highest BCUT2D eigenvalue weighted by Crippen LogP contribution is 2.18. The number of anilines is 1. The lowest BCUT2D eigenvalue weighted by Crippen LogP contribution is -2.27. The van der Waals surface area contributed by atoms with Gasteiger partial charge in [0.25, 0.3) is 11.6 Å². The second-order valence-corrected chi connectivity index (χ2v) is 6.67. The third kappa shape index (κ3) is 4.75. The second kappa shape index (κ2) is 9.74. The van der Waals surface area contributed by atoms with Crippen molar-refractivity contribution in [3.8, 4) is 5.82 Å². The highest BCUT2D eigenvalue weighted by atomic mass is 16.6. The molecule has 0 aliphatic carbocycles. The molecule has 0 atom stereocenters. The SMILES string of the molecule is CCN(CC)Cc1c(C(=O)N/N=C(/C)c2ccc([N+](=O)[O-])cc2)nnn1-c1nonc1N. The molecule has 2 heterocycles. The minimum Gasteiger partial charge on any atom is -0.378 e. The summed E-state index contributed by atoms with van der Waals surface area (Å²) in [5, 5.41) is 30.1. The Morgan fingerprint density at radius 1 is 1.28 bits per heavy atom. The average Bonchev–Trinajstić information content (AvgIpc) is 3.40. The number of nitrogen functional groups attached to an aromatic ring is 1. The van der Waals surface area contributed by atoms with Crippen LogP contribution in [0.1, 0.15) is 42.5 Å². The Balaban J connectivity index is 1.86. The molecule has 0 saturated carbocycles. The largest absolute Gasteiger partial charge is 0.378 e. The number of carbonyl (C=O) groups excluding carboxylic acids is 1. The zero-order valence-corrected chi connectivity index (χ0v) is 17.7. The van der Waals surface area contributed by atoms with Gasteiger partial charge in [-0.3, -0.25) is 19.8 Å². The number of nitro benzene ring substituents is 1. The fraction of sp³-hybridized carbons (Fsp3) is 0.333. The van der Waals surface area contributed by atoms with Gasteiger partial charge in [0.1, 0.15) is 0 Å². The summed E-state index contributed by atoms with van der Waals surface area (Å²) in [4.78, 5) is 25.2. The van der Waals surface area contributed by atoms with Crippen molar-refractivity contribution >= 4 is 23.1 Å². The van der Waals surface area contributed by atoms with Crippen LogP contribution in [0.5, 0.6) is 0 Å². The number of hydrazone groups is 1. The maximum absolute atomic E-state index is 12.8. The van der Waals surface area contributed by atoms with Gasteiger partial charge in [0.15, 0.2) is 5.69 Å². The lowest BCUT2D eigenvalue weighted by atomic mass is 10.1. The van der Waals surface area contributed by atoms with Crippen LogP contribution < -0.4 is 11.2 Å². The minimum absolute atomic E-state index is 0.00897. The van der Waals surface area contributed by atoms with Gasteiger partial charge in [0.05, 0.1) is 16.3 Å². The predicted octanol–water partition coefficient (Wildman–Crippen LogP) is 1.14. The van der Waals surface area contributed by atoms with Crippen molar-refractivity contribution in [2.24, 2.45) is 5.10 Å². The molecule has 0 saturated heterocycles. The first-order valence-corrected chi connectivity index (χ1v) is 9.70. The molecular weight excluding hydrogens is 420 g/mol. The summed E-state index contributed by atoms with van der Waals surface area (Å²) in [5.74, 6) is -0.450. The van der Waals surface area contributed by atoms with Crippen molar-refractivity contribution in [2.45, 2.75) is 27.3 Å². The normalized spacial score (nSPS) is 11.7. The van der Waals surface area contributed by atoms with Gasteiger partial charge in [-0.25, -0.2) is 10.1 Å². The molecule has 0 radical (unpaired) electrons. The Morgan fingerprint density at radius 2 is 1.97 bits per heavy atom. The van der Waals surface area contributed by atoms with Crippen LogP contribution in [0.15, 0.2) is 34.0 Å². The molecule has 3 aromatic rings. The van der Waals surface area contributed by atoms with Crippen molar-refractivity contribution in [2.75, 3.05) is 18.8 Å². The molecule has 2 aromatic heterocycles. The number of carbonyl (C=O) groups is 1. The molecule has 0 aliphatic heterocycles. The molecule has 3 N–H and O–H groups in total. The molecule has 0 bridgehead atoms. The van der Waals surface area contributed by atoms with Crippen molar-refractivity contribution in [3.63, 3.8) is 0 Å². The van der Waals surface area contributed by atoms with Gasteiger partial charge in [0, 0.05) is 18.7 Å². The molecule has 14 nitrogen and oxygen atoms in total. The van der Waals surface area contributed by atoms with Crippen LogP contribution in [0.4, 0.5) is 11.5 Å². The van der Waals surface area contributed by atoms with Crippen molar-refractivity contribution in [1.82, 2.24) is 35.6 Å². The van der Waals surface area contributed by atoms with E-state index in [1.807, 2.05) is 13.8 Å².